The van der Waals surface area contributed by atoms with E-state index in [0.29, 0.717) is 24.4 Å². The molecule has 1 fully saturated rings. The molecule has 1 amide bonds. The van der Waals surface area contributed by atoms with Crippen LogP contribution < -0.4 is 0 Å². The number of amides is 1. The van der Waals surface area contributed by atoms with Gasteiger partial charge in [0.25, 0.3) is 11.7 Å². The Morgan fingerprint density at radius 2 is 1.89 bits per heavy atom. The van der Waals surface area contributed by atoms with Crippen molar-refractivity contribution in [2.45, 2.75) is 13.0 Å². The number of fused-ring (bicyclic) bond motifs is 1. The molecular formula is C21H19FN2O3. The lowest BCUT2D eigenvalue weighted by molar-refractivity contribution is -0.134. The highest BCUT2D eigenvalue weighted by atomic mass is 19.1. The van der Waals surface area contributed by atoms with Crippen LogP contribution in [-0.2, 0) is 9.53 Å². The van der Waals surface area contributed by atoms with Crippen LogP contribution >= 0.6 is 0 Å². The van der Waals surface area contributed by atoms with Gasteiger partial charge in [-0.2, -0.15) is 0 Å². The molecule has 138 valence electrons. The zero-order chi connectivity index (χ0) is 19.0. The van der Waals surface area contributed by atoms with Crippen molar-refractivity contribution in [2.24, 2.45) is 0 Å². The third-order valence-electron chi connectivity index (χ3n) is 4.91. The number of benzene rings is 2. The molecule has 0 radical (unpaired) electrons. The molecular weight excluding hydrogens is 347 g/mol. The Morgan fingerprint density at radius 3 is 2.67 bits per heavy atom. The van der Waals surface area contributed by atoms with Gasteiger partial charge in [-0.1, -0.05) is 30.3 Å². The van der Waals surface area contributed by atoms with Crippen molar-refractivity contribution in [1.29, 1.82) is 0 Å². The normalized spacial score (nSPS) is 17.3. The number of H-pyrrole nitrogens is 1. The number of carbonyl (C=O) groups excluding carboxylic acids is 2. The van der Waals surface area contributed by atoms with Gasteiger partial charge in [-0.05, 0) is 30.7 Å². The van der Waals surface area contributed by atoms with Crippen LogP contribution in [0.1, 0.15) is 27.7 Å². The second-order valence-corrected chi connectivity index (χ2v) is 6.66. The topological polar surface area (TPSA) is 62.4 Å². The molecule has 1 atom stereocenters. The first-order chi connectivity index (χ1) is 13.0. The van der Waals surface area contributed by atoms with E-state index in [-0.39, 0.29) is 18.5 Å². The monoisotopic (exact) mass is 366 g/mol. The summed E-state index contributed by atoms with van der Waals surface area (Å²) in [5.74, 6) is -1.39. The van der Waals surface area contributed by atoms with Crippen LogP contribution in [0.15, 0.2) is 48.5 Å². The minimum atomic E-state index is -0.543. The number of nitrogens with zero attached hydrogens (tertiary/aromatic N) is 1. The second-order valence-electron chi connectivity index (χ2n) is 6.66. The molecule has 1 saturated heterocycles. The number of hydrogen-bond acceptors (Lipinski definition) is 3. The van der Waals surface area contributed by atoms with Crippen LogP contribution in [0.2, 0.25) is 0 Å². The summed E-state index contributed by atoms with van der Waals surface area (Å²) in [5.41, 5.74) is 2.71. The summed E-state index contributed by atoms with van der Waals surface area (Å²) in [6.45, 7) is 2.73. The molecule has 1 aliphatic rings. The van der Waals surface area contributed by atoms with Crippen LogP contribution in [-0.4, -0.2) is 41.3 Å². The molecule has 0 aliphatic carbocycles. The van der Waals surface area contributed by atoms with Crippen molar-refractivity contribution < 1.29 is 18.7 Å². The third-order valence-corrected chi connectivity index (χ3v) is 4.91. The van der Waals surface area contributed by atoms with E-state index in [9.17, 15) is 14.0 Å². The number of rotatable bonds is 3. The summed E-state index contributed by atoms with van der Waals surface area (Å²) in [5, 5.41) is 0.747. The summed E-state index contributed by atoms with van der Waals surface area (Å²) in [6, 6.07) is 13.4. The van der Waals surface area contributed by atoms with E-state index in [1.165, 1.54) is 17.0 Å². The molecule has 1 aliphatic heterocycles. The van der Waals surface area contributed by atoms with Gasteiger partial charge in [0, 0.05) is 23.1 Å². The number of ketones is 1. The fourth-order valence-corrected chi connectivity index (χ4v) is 3.53. The number of ether oxygens (including phenoxy) is 1. The largest absolute Gasteiger partial charge is 0.370 e. The molecule has 6 heteroatoms. The number of Topliss-reactive ketones (excluding diaryl/α,β-unsaturated/α-hetero) is 1. The fraction of sp³-hybridized carbons (Fsp3) is 0.238. The van der Waals surface area contributed by atoms with Crippen molar-refractivity contribution in [3.63, 3.8) is 0 Å². The van der Waals surface area contributed by atoms with Gasteiger partial charge in [0.15, 0.2) is 0 Å². The first-order valence-electron chi connectivity index (χ1n) is 8.82. The van der Waals surface area contributed by atoms with Crippen LogP contribution in [0, 0.1) is 12.7 Å². The predicted octanol–water partition coefficient (Wildman–Crippen LogP) is 3.40. The molecule has 0 saturated carbocycles. The van der Waals surface area contributed by atoms with Gasteiger partial charge >= 0.3 is 0 Å². The van der Waals surface area contributed by atoms with E-state index in [1.807, 2.05) is 24.3 Å². The van der Waals surface area contributed by atoms with E-state index in [0.717, 1.165) is 16.5 Å². The summed E-state index contributed by atoms with van der Waals surface area (Å²) in [7, 11) is 0. The summed E-state index contributed by atoms with van der Waals surface area (Å²) in [4.78, 5) is 30.5. The fourth-order valence-electron chi connectivity index (χ4n) is 3.53. The summed E-state index contributed by atoms with van der Waals surface area (Å²) >= 11 is 0. The van der Waals surface area contributed by atoms with Crippen LogP contribution in [0.5, 0.6) is 0 Å². The molecule has 5 nitrogen and oxygen atoms in total. The van der Waals surface area contributed by atoms with E-state index in [1.54, 1.807) is 19.1 Å². The van der Waals surface area contributed by atoms with Gasteiger partial charge in [0.1, 0.15) is 11.9 Å². The van der Waals surface area contributed by atoms with E-state index >= 15 is 0 Å². The standard InChI is InChI=1S/C21H19FN2O3/c1-13-19(16-4-2-3-5-17(16)23-13)20(25)21(26)24-10-11-27-18(12-24)14-6-8-15(22)9-7-14/h2-9,18,23H,10-12H2,1H3/t18-/m0/s1. The van der Waals surface area contributed by atoms with Crippen LogP contribution in [0.3, 0.4) is 0 Å². The molecule has 0 unspecified atom stereocenters. The highest BCUT2D eigenvalue weighted by Gasteiger charge is 2.31. The van der Waals surface area contributed by atoms with Gasteiger partial charge < -0.3 is 14.6 Å². The minimum Gasteiger partial charge on any atom is -0.370 e. The Kier molecular flexibility index (Phi) is 4.49. The maximum absolute atomic E-state index is 13.1. The molecule has 27 heavy (non-hydrogen) atoms. The molecule has 1 N–H and O–H groups in total. The second kappa shape index (κ2) is 6.96. The predicted molar refractivity (Wildman–Crippen MR) is 99.0 cm³/mol. The Bertz CT molecular complexity index is 1010. The van der Waals surface area contributed by atoms with Crippen molar-refractivity contribution >= 4 is 22.6 Å². The van der Waals surface area contributed by atoms with Crippen LogP contribution in [0.4, 0.5) is 4.39 Å². The Labute approximate surface area is 155 Å². The number of morpholine rings is 1. The molecule has 0 bridgehead atoms. The van der Waals surface area contributed by atoms with Gasteiger partial charge in [-0.15, -0.1) is 0 Å². The average Bonchev–Trinajstić information content (AvgIpc) is 3.03. The molecule has 1 aromatic heterocycles. The van der Waals surface area contributed by atoms with Crippen molar-refractivity contribution in [3.05, 3.63) is 71.2 Å². The van der Waals surface area contributed by atoms with E-state index < -0.39 is 11.7 Å². The Morgan fingerprint density at radius 1 is 1.15 bits per heavy atom. The zero-order valence-electron chi connectivity index (χ0n) is 14.9. The minimum absolute atomic E-state index is 0.262. The summed E-state index contributed by atoms with van der Waals surface area (Å²) < 4.78 is 18.8. The molecule has 2 aromatic carbocycles. The highest BCUT2D eigenvalue weighted by Crippen LogP contribution is 2.26. The quantitative estimate of drug-likeness (QED) is 0.571. The summed E-state index contributed by atoms with van der Waals surface area (Å²) in [6.07, 6.45) is -0.375. The lowest BCUT2D eigenvalue weighted by Crippen LogP contribution is -2.45. The van der Waals surface area contributed by atoms with Crippen molar-refractivity contribution in [1.82, 2.24) is 9.88 Å². The molecule has 2 heterocycles. The van der Waals surface area contributed by atoms with Crippen LogP contribution in [0.25, 0.3) is 10.9 Å². The highest BCUT2D eigenvalue weighted by molar-refractivity contribution is 6.45. The van der Waals surface area contributed by atoms with Gasteiger partial charge in [-0.25, -0.2) is 4.39 Å². The van der Waals surface area contributed by atoms with Gasteiger partial charge in [0.2, 0.25) is 0 Å². The lowest BCUT2D eigenvalue weighted by Gasteiger charge is -2.32. The SMILES string of the molecule is Cc1[nH]c2ccccc2c1C(=O)C(=O)N1CCO[C@H](c2ccc(F)cc2)C1. The average molecular weight is 366 g/mol. The zero-order valence-corrected chi connectivity index (χ0v) is 14.9. The lowest BCUT2D eigenvalue weighted by atomic mass is 10.0. The molecule has 3 aromatic rings. The third kappa shape index (κ3) is 3.24. The smallest absolute Gasteiger partial charge is 0.295 e. The van der Waals surface area contributed by atoms with E-state index in [4.69, 9.17) is 4.74 Å². The maximum Gasteiger partial charge on any atom is 0.295 e. The maximum atomic E-state index is 13.1. The van der Waals surface area contributed by atoms with Gasteiger partial charge in [0.05, 0.1) is 18.7 Å². The first-order valence-corrected chi connectivity index (χ1v) is 8.82. The number of nitrogens with one attached hydrogen (secondary N) is 1. The first kappa shape index (κ1) is 17.4. The van der Waals surface area contributed by atoms with E-state index in [2.05, 4.69) is 4.98 Å². The number of aryl methyl sites for hydroxylation is 1. The number of aromatic nitrogens is 1. The number of hydrogen-bond donors (Lipinski definition) is 1. The number of para-hydroxylation sites is 1. The number of carbonyl (C=O) groups is 2. The molecule has 0 spiro atoms. The number of halogens is 1. The molecule has 4 rings (SSSR count). The number of aromatic amines is 1. The van der Waals surface area contributed by atoms with Crippen molar-refractivity contribution in [3.8, 4) is 0 Å². The Balaban J connectivity index is 1.57. The van der Waals surface area contributed by atoms with Crippen molar-refractivity contribution in [2.75, 3.05) is 19.7 Å². The Hall–Kier alpha value is -2.99. The van der Waals surface area contributed by atoms with Gasteiger partial charge in [-0.3, -0.25) is 9.59 Å².